The minimum absolute atomic E-state index is 0.706. The van der Waals surface area contributed by atoms with E-state index in [9.17, 15) is 0 Å². The molecule has 0 amide bonds. The highest BCUT2D eigenvalue weighted by molar-refractivity contribution is 5.47. The van der Waals surface area contributed by atoms with Gasteiger partial charge in [-0.25, -0.2) is 9.97 Å². The monoisotopic (exact) mass is 246 g/mol. The lowest BCUT2D eigenvalue weighted by atomic mass is 10.3. The molecule has 0 unspecified atom stereocenters. The molecule has 96 valence electrons. The molecular formula is C12H18N6. The summed E-state index contributed by atoms with van der Waals surface area (Å²) in [6.07, 6.45) is 4.64. The standard InChI is InChI=1S/C12H18N6/c1-4-10-16-11(13-2)5-12(17-10)14-6-9-7-15-18(3)8-9/h5,7-8H,4,6H2,1-3H3,(H2,13,14,16,17). The molecule has 2 heterocycles. The lowest BCUT2D eigenvalue weighted by molar-refractivity contribution is 0.767. The number of aromatic nitrogens is 4. The molecule has 0 radical (unpaired) electrons. The summed E-state index contributed by atoms with van der Waals surface area (Å²) in [6.45, 7) is 2.75. The van der Waals surface area contributed by atoms with Crippen LogP contribution in [0.3, 0.4) is 0 Å². The predicted molar refractivity (Wildman–Crippen MR) is 71.5 cm³/mol. The molecule has 6 heteroatoms. The van der Waals surface area contributed by atoms with Crippen LogP contribution in [-0.4, -0.2) is 26.8 Å². The van der Waals surface area contributed by atoms with Gasteiger partial charge in [-0.2, -0.15) is 5.10 Å². The van der Waals surface area contributed by atoms with Gasteiger partial charge < -0.3 is 10.6 Å². The van der Waals surface area contributed by atoms with Crippen molar-refractivity contribution in [2.75, 3.05) is 17.7 Å². The number of aryl methyl sites for hydroxylation is 2. The maximum Gasteiger partial charge on any atom is 0.132 e. The van der Waals surface area contributed by atoms with Gasteiger partial charge in [-0.05, 0) is 0 Å². The summed E-state index contributed by atoms with van der Waals surface area (Å²) in [5, 5.41) is 10.4. The van der Waals surface area contributed by atoms with Gasteiger partial charge in [-0.3, -0.25) is 4.68 Å². The van der Waals surface area contributed by atoms with Crippen LogP contribution in [0.15, 0.2) is 18.5 Å². The van der Waals surface area contributed by atoms with Crippen molar-refractivity contribution in [2.45, 2.75) is 19.9 Å². The summed E-state index contributed by atoms with van der Waals surface area (Å²) in [5.74, 6) is 2.49. The highest BCUT2D eigenvalue weighted by Gasteiger charge is 2.03. The molecular weight excluding hydrogens is 228 g/mol. The van der Waals surface area contributed by atoms with E-state index < -0.39 is 0 Å². The average molecular weight is 246 g/mol. The fourth-order valence-electron chi connectivity index (χ4n) is 1.63. The molecule has 0 saturated heterocycles. The van der Waals surface area contributed by atoms with E-state index in [-0.39, 0.29) is 0 Å². The molecule has 0 atom stereocenters. The van der Waals surface area contributed by atoms with Gasteiger partial charge in [0.05, 0.1) is 6.20 Å². The maximum absolute atomic E-state index is 4.43. The fraction of sp³-hybridized carbons (Fsp3) is 0.417. The van der Waals surface area contributed by atoms with Crippen LogP contribution in [0.1, 0.15) is 18.3 Å². The van der Waals surface area contributed by atoms with E-state index in [4.69, 9.17) is 0 Å². The predicted octanol–water partition coefficient (Wildman–Crippen LogP) is 1.43. The Kier molecular flexibility index (Phi) is 3.76. The van der Waals surface area contributed by atoms with Crippen LogP contribution in [0.2, 0.25) is 0 Å². The Morgan fingerprint density at radius 1 is 1.28 bits per heavy atom. The van der Waals surface area contributed by atoms with E-state index in [0.717, 1.165) is 29.4 Å². The average Bonchev–Trinajstić information content (AvgIpc) is 2.81. The topological polar surface area (TPSA) is 67.7 Å². The van der Waals surface area contributed by atoms with Crippen molar-refractivity contribution in [2.24, 2.45) is 7.05 Å². The van der Waals surface area contributed by atoms with Gasteiger partial charge in [0.2, 0.25) is 0 Å². The van der Waals surface area contributed by atoms with Crippen molar-refractivity contribution in [3.8, 4) is 0 Å². The zero-order valence-corrected chi connectivity index (χ0v) is 10.9. The van der Waals surface area contributed by atoms with Crippen LogP contribution in [-0.2, 0) is 20.0 Å². The van der Waals surface area contributed by atoms with E-state index in [1.54, 1.807) is 4.68 Å². The van der Waals surface area contributed by atoms with Gasteiger partial charge in [0.15, 0.2) is 0 Å². The highest BCUT2D eigenvalue weighted by Crippen LogP contribution is 2.12. The van der Waals surface area contributed by atoms with Crippen LogP contribution in [0.5, 0.6) is 0 Å². The lowest BCUT2D eigenvalue weighted by Gasteiger charge is -2.08. The smallest absolute Gasteiger partial charge is 0.132 e. The summed E-state index contributed by atoms with van der Waals surface area (Å²) in [6, 6.07) is 1.90. The molecule has 2 aromatic heterocycles. The van der Waals surface area contributed by atoms with Crippen molar-refractivity contribution >= 4 is 11.6 Å². The molecule has 0 fully saturated rings. The Bertz CT molecular complexity index is 497. The zero-order valence-electron chi connectivity index (χ0n) is 10.9. The largest absolute Gasteiger partial charge is 0.373 e. The van der Waals surface area contributed by atoms with Gasteiger partial charge in [-0.1, -0.05) is 6.92 Å². The molecule has 0 aromatic carbocycles. The van der Waals surface area contributed by atoms with Crippen molar-refractivity contribution in [1.29, 1.82) is 0 Å². The number of anilines is 2. The summed E-state index contributed by atoms with van der Waals surface area (Å²) >= 11 is 0. The number of hydrogen-bond acceptors (Lipinski definition) is 5. The van der Waals surface area contributed by atoms with Crippen LogP contribution in [0.4, 0.5) is 11.6 Å². The van der Waals surface area contributed by atoms with E-state index in [0.29, 0.717) is 6.54 Å². The Morgan fingerprint density at radius 2 is 2.06 bits per heavy atom. The van der Waals surface area contributed by atoms with E-state index in [2.05, 4.69) is 25.7 Å². The molecule has 6 nitrogen and oxygen atoms in total. The van der Waals surface area contributed by atoms with Crippen molar-refractivity contribution in [3.05, 3.63) is 29.8 Å². The first-order valence-corrected chi connectivity index (χ1v) is 5.98. The number of hydrogen-bond donors (Lipinski definition) is 2. The van der Waals surface area contributed by atoms with E-state index in [1.807, 2.05) is 39.5 Å². The fourth-order valence-corrected chi connectivity index (χ4v) is 1.63. The molecule has 0 aliphatic heterocycles. The summed E-state index contributed by atoms with van der Waals surface area (Å²) in [4.78, 5) is 8.78. The minimum atomic E-state index is 0.706. The first kappa shape index (κ1) is 12.3. The van der Waals surface area contributed by atoms with Crippen LogP contribution >= 0.6 is 0 Å². The summed E-state index contributed by atoms with van der Waals surface area (Å²) < 4.78 is 1.79. The third kappa shape index (κ3) is 2.97. The van der Waals surface area contributed by atoms with E-state index in [1.165, 1.54) is 0 Å². The summed E-state index contributed by atoms with van der Waals surface area (Å²) in [7, 11) is 3.76. The van der Waals surface area contributed by atoms with Crippen molar-refractivity contribution in [1.82, 2.24) is 19.7 Å². The minimum Gasteiger partial charge on any atom is -0.373 e. The molecule has 18 heavy (non-hydrogen) atoms. The third-order valence-electron chi connectivity index (χ3n) is 2.58. The lowest BCUT2D eigenvalue weighted by Crippen LogP contribution is -2.06. The molecule has 2 N–H and O–H groups in total. The Balaban J connectivity index is 2.08. The molecule has 0 aliphatic carbocycles. The zero-order chi connectivity index (χ0) is 13.0. The number of nitrogens with zero attached hydrogens (tertiary/aromatic N) is 4. The first-order chi connectivity index (χ1) is 8.71. The van der Waals surface area contributed by atoms with Crippen LogP contribution < -0.4 is 10.6 Å². The Labute approximate surface area is 106 Å². The second kappa shape index (κ2) is 5.48. The quantitative estimate of drug-likeness (QED) is 0.835. The summed E-state index contributed by atoms with van der Waals surface area (Å²) in [5.41, 5.74) is 1.13. The molecule has 0 aliphatic rings. The maximum atomic E-state index is 4.43. The van der Waals surface area contributed by atoms with Gasteiger partial charge in [0, 0.05) is 44.9 Å². The molecule has 0 saturated carbocycles. The number of rotatable bonds is 5. The van der Waals surface area contributed by atoms with Crippen molar-refractivity contribution in [3.63, 3.8) is 0 Å². The van der Waals surface area contributed by atoms with E-state index >= 15 is 0 Å². The highest BCUT2D eigenvalue weighted by atomic mass is 15.2. The Hall–Kier alpha value is -2.11. The molecule has 0 bridgehead atoms. The third-order valence-corrected chi connectivity index (χ3v) is 2.58. The first-order valence-electron chi connectivity index (χ1n) is 5.98. The van der Waals surface area contributed by atoms with Gasteiger partial charge in [-0.15, -0.1) is 0 Å². The van der Waals surface area contributed by atoms with Gasteiger partial charge >= 0.3 is 0 Å². The second-order valence-corrected chi connectivity index (χ2v) is 4.03. The Morgan fingerprint density at radius 3 is 2.67 bits per heavy atom. The van der Waals surface area contributed by atoms with Crippen LogP contribution in [0, 0.1) is 0 Å². The second-order valence-electron chi connectivity index (χ2n) is 4.03. The normalized spacial score (nSPS) is 10.4. The van der Waals surface area contributed by atoms with Crippen LogP contribution in [0.25, 0.3) is 0 Å². The molecule has 0 spiro atoms. The molecule has 2 aromatic rings. The SMILES string of the molecule is CCc1nc(NC)cc(NCc2cnn(C)c2)n1. The van der Waals surface area contributed by atoms with Gasteiger partial charge in [0.1, 0.15) is 17.5 Å². The number of nitrogens with one attached hydrogen (secondary N) is 2. The molecule has 2 rings (SSSR count). The van der Waals surface area contributed by atoms with Crippen molar-refractivity contribution < 1.29 is 0 Å². The van der Waals surface area contributed by atoms with Gasteiger partial charge in [0.25, 0.3) is 0 Å².